The fourth-order valence-electron chi connectivity index (χ4n) is 4.02. The van der Waals surface area contributed by atoms with E-state index in [1.807, 2.05) is 4.90 Å². The summed E-state index contributed by atoms with van der Waals surface area (Å²) in [4.78, 5) is 14.5. The minimum absolute atomic E-state index is 0.138. The highest BCUT2D eigenvalue weighted by atomic mass is 32.2. The van der Waals surface area contributed by atoms with Gasteiger partial charge in [-0.1, -0.05) is 24.3 Å². The van der Waals surface area contributed by atoms with Crippen LogP contribution >= 0.6 is 0 Å². The van der Waals surface area contributed by atoms with E-state index in [1.54, 1.807) is 0 Å². The van der Waals surface area contributed by atoms with Gasteiger partial charge in [0.15, 0.2) is 0 Å². The maximum absolute atomic E-state index is 12.6. The summed E-state index contributed by atoms with van der Waals surface area (Å²) >= 11 is 0. The van der Waals surface area contributed by atoms with Crippen LogP contribution in [0.4, 0.5) is 0 Å². The standard InChI is InChI=1S/C19H27NO3S/c1-15-5-3-4-6-17(15)16-7-11-20(12-8-16)18(21)13-19(9-10-19)14-24(2,22)23/h3-6,16H,7-14H2,1-2H3. The molecule has 1 aromatic carbocycles. The molecule has 1 aromatic rings. The molecular weight excluding hydrogens is 322 g/mol. The highest BCUT2D eigenvalue weighted by Gasteiger charge is 2.47. The van der Waals surface area contributed by atoms with Crippen LogP contribution in [-0.4, -0.2) is 44.3 Å². The van der Waals surface area contributed by atoms with E-state index < -0.39 is 9.84 Å². The average molecular weight is 349 g/mol. The Balaban J connectivity index is 1.55. The zero-order valence-corrected chi connectivity index (χ0v) is 15.4. The van der Waals surface area contributed by atoms with Crippen molar-refractivity contribution in [3.63, 3.8) is 0 Å². The number of carbonyl (C=O) groups is 1. The quantitative estimate of drug-likeness (QED) is 0.821. The summed E-state index contributed by atoms with van der Waals surface area (Å²) in [6.45, 7) is 3.72. The van der Waals surface area contributed by atoms with Crippen LogP contribution in [-0.2, 0) is 14.6 Å². The van der Waals surface area contributed by atoms with Crippen molar-refractivity contribution in [2.24, 2.45) is 5.41 Å². The molecule has 0 unspecified atom stereocenters. The van der Waals surface area contributed by atoms with E-state index in [2.05, 4.69) is 31.2 Å². The number of carbonyl (C=O) groups excluding carboxylic acids is 1. The maximum Gasteiger partial charge on any atom is 0.223 e. The first-order valence-corrected chi connectivity index (χ1v) is 10.9. The first kappa shape index (κ1) is 17.5. The van der Waals surface area contributed by atoms with E-state index in [0.29, 0.717) is 12.3 Å². The van der Waals surface area contributed by atoms with E-state index in [0.717, 1.165) is 38.8 Å². The molecule has 132 valence electrons. The number of amides is 1. The molecule has 1 aliphatic heterocycles. The molecule has 24 heavy (non-hydrogen) atoms. The molecule has 2 aliphatic rings. The molecule has 4 nitrogen and oxygen atoms in total. The van der Waals surface area contributed by atoms with Crippen molar-refractivity contribution < 1.29 is 13.2 Å². The van der Waals surface area contributed by atoms with Crippen LogP contribution in [0, 0.1) is 12.3 Å². The molecule has 0 bridgehead atoms. The second kappa shape index (κ2) is 6.51. The molecule has 0 atom stereocenters. The monoisotopic (exact) mass is 349 g/mol. The summed E-state index contributed by atoms with van der Waals surface area (Å²) < 4.78 is 23.1. The Hall–Kier alpha value is -1.36. The molecular formula is C19H27NO3S. The van der Waals surface area contributed by atoms with Gasteiger partial charge in [-0.05, 0) is 55.1 Å². The minimum Gasteiger partial charge on any atom is -0.343 e. The molecule has 5 heteroatoms. The van der Waals surface area contributed by atoms with E-state index in [9.17, 15) is 13.2 Å². The third-order valence-corrected chi connectivity index (χ3v) is 6.66. The number of hydrogen-bond donors (Lipinski definition) is 0. The van der Waals surface area contributed by atoms with Gasteiger partial charge in [0.2, 0.25) is 5.91 Å². The van der Waals surface area contributed by atoms with Crippen molar-refractivity contribution in [2.75, 3.05) is 25.1 Å². The van der Waals surface area contributed by atoms with Gasteiger partial charge < -0.3 is 4.90 Å². The Labute approximate surface area is 145 Å². The summed E-state index contributed by atoms with van der Waals surface area (Å²) in [5.74, 6) is 0.825. The molecule has 0 radical (unpaired) electrons. The fourth-order valence-corrected chi connectivity index (χ4v) is 5.53. The highest BCUT2D eigenvalue weighted by molar-refractivity contribution is 7.90. The zero-order valence-electron chi connectivity index (χ0n) is 14.6. The van der Waals surface area contributed by atoms with Gasteiger partial charge in [0, 0.05) is 25.8 Å². The molecule has 1 amide bonds. The molecule has 0 N–H and O–H groups in total. The van der Waals surface area contributed by atoms with E-state index in [4.69, 9.17) is 0 Å². The van der Waals surface area contributed by atoms with Crippen molar-refractivity contribution in [1.29, 1.82) is 0 Å². The summed E-state index contributed by atoms with van der Waals surface area (Å²) in [6, 6.07) is 8.49. The molecule has 1 saturated carbocycles. The fraction of sp³-hybridized carbons (Fsp3) is 0.632. The van der Waals surface area contributed by atoms with Crippen molar-refractivity contribution in [3.05, 3.63) is 35.4 Å². The topological polar surface area (TPSA) is 54.5 Å². The molecule has 1 saturated heterocycles. The Morgan fingerprint density at radius 2 is 1.83 bits per heavy atom. The van der Waals surface area contributed by atoms with Crippen LogP contribution in [0.5, 0.6) is 0 Å². The van der Waals surface area contributed by atoms with Gasteiger partial charge in [-0.15, -0.1) is 0 Å². The van der Waals surface area contributed by atoms with Gasteiger partial charge >= 0.3 is 0 Å². The molecule has 1 aliphatic carbocycles. The van der Waals surface area contributed by atoms with E-state index in [1.165, 1.54) is 17.4 Å². The molecule has 0 aromatic heterocycles. The van der Waals surface area contributed by atoms with Gasteiger partial charge in [-0.25, -0.2) is 8.42 Å². The lowest BCUT2D eigenvalue weighted by Crippen LogP contribution is -2.39. The van der Waals surface area contributed by atoms with Crippen LogP contribution < -0.4 is 0 Å². The number of benzene rings is 1. The van der Waals surface area contributed by atoms with Crippen LogP contribution in [0.15, 0.2) is 24.3 Å². The Kier molecular flexibility index (Phi) is 4.73. The van der Waals surface area contributed by atoms with Crippen molar-refractivity contribution in [2.45, 2.75) is 44.9 Å². The molecule has 1 heterocycles. The summed E-state index contributed by atoms with van der Waals surface area (Å²) in [5.41, 5.74) is 2.46. The molecule has 2 fully saturated rings. The molecule has 3 rings (SSSR count). The van der Waals surface area contributed by atoms with Crippen molar-refractivity contribution in [3.8, 4) is 0 Å². The van der Waals surface area contributed by atoms with Gasteiger partial charge in [0.05, 0.1) is 5.75 Å². The van der Waals surface area contributed by atoms with Gasteiger partial charge in [-0.3, -0.25) is 4.79 Å². The van der Waals surface area contributed by atoms with Crippen LogP contribution in [0.2, 0.25) is 0 Å². The predicted molar refractivity (Wildman–Crippen MR) is 95.7 cm³/mol. The summed E-state index contributed by atoms with van der Waals surface area (Å²) in [5, 5.41) is 0. The lowest BCUT2D eigenvalue weighted by Gasteiger charge is -2.33. The lowest BCUT2D eigenvalue weighted by molar-refractivity contribution is -0.133. The number of aryl methyl sites for hydroxylation is 1. The predicted octanol–water partition coefficient (Wildman–Crippen LogP) is 2.92. The summed E-state index contributed by atoms with van der Waals surface area (Å²) in [7, 11) is -3.02. The number of rotatable bonds is 5. The highest BCUT2D eigenvalue weighted by Crippen LogP contribution is 2.50. The van der Waals surface area contributed by atoms with Gasteiger partial charge in [0.1, 0.15) is 9.84 Å². The largest absolute Gasteiger partial charge is 0.343 e. The third-order valence-electron chi connectivity index (χ3n) is 5.53. The maximum atomic E-state index is 12.6. The van der Waals surface area contributed by atoms with Crippen molar-refractivity contribution >= 4 is 15.7 Å². The van der Waals surface area contributed by atoms with Crippen LogP contribution in [0.3, 0.4) is 0 Å². The SMILES string of the molecule is Cc1ccccc1C1CCN(C(=O)CC2(CS(C)(=O)=O)CC2)CC1. The number of sulfone groups is 1. The third kappa shape index (κ3) is 4.18. The Morgan fingerprint density at radius 1 is 1.21 bits per heavy atom. The minimum atomic E-state index is -3.02. The van der Waals surface area contributed by atoms with Crippen LogP contribution in [0.25, 0.3) is 0 Å². The second-order valence-corrected chi connectivity index (χ2v) is 9.90. The number of piperidine rings is 1. The first-order valence-electron chi connectivity index (χ1n) is 8.79. The number of likely N-dealkylation sites (tertiary alicyclic amines) is 1. The van der Waals surface area contributed by atoms with E-state index >= 15 is 0 Å². The van der Waals surface area contributed by atoms with Crippen LogP contribution in [0.1, 0.15) is 49.1 Å². The number of hydrogen-bond acceptors (Lipinski definition) is 3. The zero-order chi connectivity index (χ0) is 17.4. The Bertz CT molecular complexity index is 714. The Morgan fingerprint density at radius 3 is 2.38 bits per heavy atom. The van der Waals surface area contributed by atoms with Crippen molar-refractivity contribution in [1.82, 2.24) is 4.90 Å². The number of nitrogens with zero attached hydrogens (tertiary/aromatic N) is 1. The molecule has 0 spiro atoms. The van der Waals surface area contributed by atoms with Gasteiger partial charge in [-0.2, -0.15) is 0 Å². The second-order valence-electron chi connectivity index (χ2n) is 7.76. The normalized spacial score (nSPS) is 20.8. The first-order chi connectivity index (χ1) is 11.3. The average Bonchev–Trinajstić information content (AvgIpc) is 3.25. The van der Waals surface area contributed by atoms with E-state index in [-0.39, 0.29) is 17.1 Å². The van der Waals surface area contributed by atoms with Gasteiger partial charge in [0.25, 0.3) is 0 Å². The summed E-state index contributed by atoms with van der Waals surface area (Å²) in [6.07, 6.45) is 5.39. The lowest BCUT2D eigenvalue weighted by atomic mass is 9.86. The smallest absolute Gasteiger partial charge is 0.223 e.